The Hall–Kier alpha value is -0.380. The minimum Gasteiger partial charge on any atom is -0.396 e. The Morgan fingerprint density at radius 3 is 2.93 bits per heavy atom. The van der Waals surface area contributed by atoms with E-state index < -0.39 is 0 Å². The van der Waals surface area contributed by atoms with Gasteiger partial charge in [0, 0.05) is 18.6 Å². The molecule has 0 radical (unpaired) electrons. The minimum absolute atomic E-state index is 0.245. The van der Waals surface area contributed by atoms with Crippen LogP contribution < -0.4 is 5.32 Å². The smallest absolute Gasteiger partial charge is 0.0499 e. The first-order valence-electron chi connectivity index (χ1n) is 5.17. The van der Waals surface area contributed by atoms with Crippen LogP contribution in [-0.4, -0.2) is 24.8 Å². The van der Waals surface area contributed by atoms with Crippen LogP contribution in [0.5, 0.6) is 0 Å². The summed E-state index contributed by atoms with van der Waals surface area (Å²) in [5.74, 6) is 0. The average molecular weight is 211 g/mol. The molecule has 1 saturated carbocycles. The van der Waals surface area contributed by atoms with E-state index in [0.717, 1.165) is 19.5 Å². The van der Waals surface area contributed by atoms with Gasteiger partial charge in [-0.05, 0) is 48.2 Å². The fourth-order valence-corrected chi connectivity index (χ4v) is 2.29. The second-order valence-corrected chi connectivity index (χ2v) is 5.00. The lowest BCUT2D eigenvalue weighted by Gasteiger charge is -2.11. The molecule has 1 aliphatic rings. The number of hydrogen-bond acceptors (Lipinski definition) is 3. The summed E-state index contributed by atoms with van der Waals surface area (Å²) in [5, 5.41) is 16.8. The second kappa shape index (κ2) is 4.43. The van der Waals surface area contributed by atoms with Crippen molar-refractivity contribution < 1.29 is 5.11 Å². The van der Waals surface area contributed by atoms with Crippen LogP contribution >= 0.6 is 11.3 Å². The molecule has 0 saturated heterocycles. The number of rotatable bonds is 6. The van der Waals surface area contributed by atoms with Crippen molar-refractivity contribution in [3.8, 4) is 0 Å². The third-order valence-corrected chi connectivity index (χ3v) is 3.70. The highest BCUT2D eigenvalue weighted by molar-refractivity contribution is 7.07. The van der Waals surface area contributed by atoms with Gasteiger partial charge in [-0.1, -0.05) is 0 Å². The predicted octanol–water partition coefficient (Wildman–Crippen LogP) is 1.65. The largest absolute Gasteiger partial charge is 0.396 e. The van der Waals surface area contributed by atoms with Gasteiger partial charge in [-0.2, -0.15) is 11.3 Å². The summed E-state index contributed by atoms with van der Waals surface area (Å²) in [6.07, 6.45) is 3.48. The van der Waals surface area contributed by atoms with Crippen LogP contribution in [-0.2, 0) is 6.42 Å². The van der Waals surface area contributed by atoms with Crippen molar-refractivity contribution in [1.29, 1.82) is 0 Å². The maximum atomic E-state index is 9.10. The van der Waals surface area contributed by atoms with E-state index >= 15 is 0 Å². The van der Waals surface area contributed by atoms with Gasteiger partial charge in [-0.15, -0.1) is 0 Å². The molecule has 3 heteroatoms. The summed E-state index contributed by atoms with van der Waals surface area (Å²) in [6, 6.07) is 2.17. The van der Waals surface area contributed by atoms with E-state index in [4.69, 9.17) is 5.11 Å². The van der Waals surface area contributed by atoms with Crippen molar-refractivity contribution in [2.24, 2.45) is 5.41 Å². The molecule has 0 aliphatic heterocycles. The van der Waals surface area contributed by atoms with Gasteiger partial charge in [0.05, 0.1) is 0 Å². The van der Waals surface area contributed by atoms with E-state index in [2.05, 4.69) is 22.1 Å². The summed E-state index contributed by atoms with van der Waals surface area (Å²) in [6.45, 7) is 2.35. The summed E-state index contributed by atoms with van der Waals surface area (Å²) >= 11 is 1.75. The quantitative estimate of drug-likeness (QED) is 0.701. The fraction of sp³-hybridized carbons (Fsp3) is 0.636. The van der Waals surface area contributed by atoms with Crippen molar-refractivity contribution in [3.63, 3.8) is 0 Å². The summed E-state index contributed by atoms with van der Waals surface area (Å²) < 4.78 is 0. The Kier molecular flexibility index (Phi) is 3.21. The highest BCUT2D eigenvalue weighted by Crippen LogP contribution is 2.44. The molecule has 0 aromatic carbocycles. The summed E-state index contributed by atoms with van der Waals surface area (Å²) in [5.41, 5.74) is 1.66. The molecule has 1 heterocycles. The van der Waals surface area contributed by atoms with Gasteiger partial charge in [0.15, 0.2) is 0 Å². The highest BCUT2D eigenvalue weighted by Gasteiger charge is 2.41. The molecular weight excluding hydrogens is 194 g/mol. The first kappa shape index (κ1) is 10.1. The third kappa shape index (κ3) is 2.56. The number of aliphatic hydroxyl groups is 1. The Labute approximate surface area is 89.0 Å². The molecule has 2 nitrogen and oxygen atoms in total. The number of nitrogens with one attached hydrogen (secondary N) is 1. The maximum Gasteiger partial charge on any atom is 0.0499 e. The average Bonchev–Trinajstić information content (AvgIpc) is 2.81. The zero-order valence-electron chi connectivity index (χ0n) is 8.33. The van der Waals surface area contributed by atoms with Crippen molar-refractivity contribution >= 4 is 11.3 Å². The van der Waals surface area contributed by atoms with Crippen molar-refractivity contribution in [3.05, 3.63) is 22.4 Å². The SMILES string of the molecule is OCC1(CNCCc2ccsc2)CC1. The molecule has 14 heavy (non-hydrogen) atoms. The monoisotopic (exact) mass is 211 g/mol. The van der Waals surface area contributed by atoms with E-state index in [-0.39, 0.29) is 5.41 Å². The van der Waals surface area contributed by atoms with Crippen LogP contribution in [0, 0.1) is 5.41 Å². The summed E-state index contributed by atoms with van der Waals surface area (Å²) in [4.78, 5) is 0. The van der Waals surface area contributed by atoms with Gasteiger partial charge < -0.3 is 10.4 Å². The molecule has 0 unspecified atom stereocenters. The minimum atomic E-state index is 0.245. The lowest BCUT2D eigenvalue weighted by molar-refractivity contribution is 0.208. The number of hydrogen-bond donors (Lipinski definition) is 2. The number of aliphatic hydroxyl groups excluding tert-OH is 1. The molecule has 78 valence electrons. The first-order valence-corrected chi connectivity index (χ1v) is 6.12. The standard InChI is InChI=1S/C11H17NOS/c13-9-11(3-4-11)8-12-5-1-10-2-6-14-7-10/h2,6-7,12-13H,1,3-5,8-9H2. The lowest BCUT2D eigenvalue weighted by atomic mass is 10.1. The van der Waals surface area contributed by atoms with Gasteiger partial charge in [-0.3, -0.25) is 0 Å². The Balaban J connectivity index is 1.60. The van der Waals surface area contributed by atoms with E-state index in [0.29, 0.717) is 6.61 Å². The molecule has 0 atom stereocenters. The van der Waals surface area contributed by atoms with Gasteiger partial charge in [0.1, 0.15) is 0 Å². The van der Waals surface area contributed by atoms with E-state index in [1.54, 1.807) is 11.3 Å². The lowest BCUT2D eigenvalue weighted by Crippen LogP contribution is -2.28. The third-order valence-electron chi connectivity index (χ3n) is 2.96. The highest BCUT2D eigenvalue weighted by atomic mass is 32.1. The molecule has 1 aromatic rings. The summed E-state index contributed by atoms with van der Waals surface area (Å²) in [7, 11) is 0. The molecule has 0 spiro atoms. The van der Waals surface area contributed by atoms with Crippen LogP contribution in [0.25, 0.3) is 0 Å². The normalized spacial score (nSPS) is 18.4. The zero-order valence-corrected chi connectivity index (χ0v) is 9.15. The first-order chi connectivity index (χ1) is 6.85. The van der Waals surface area contributed by atoms with Crippen molar-refractivity contribution in [2.75, 3.05) is 19.7 Å². The second-order valence-electron chi connectivity index (χ2n) is 4.22. The van der Waals surface area contributed by atoms with Crippen LogP contribution in [0.15, 0.2) is 16.8 Å². The molecule has 1 aromatic heterocycles. The number of thiophene rings is 1. The van der Waals surface area contributed by atoms with Crippen LogP contribution in [0.2, 0.25) is 0 Å². The van der Waals surface area contributed by atoms with E-state index in [9.17, 15) is 0 Å². The molecule has 1 fully saturated rings. The molecular formula is C11H17NOS. The molecule has 0 amide bonds. The van der Waals surface area contributed by atoms with E-state index in [1.807, 2.05) is 0 Å². The van der Waals surface area contributed by atoms with Gasteiger partial charge >= 0.3 is 0 Å². The van der Waals surface area contributed by atoms with Crippen molar-refractivity contribution in [1.82, 2.24) is 5.32 Å². The van der Waals surface area contributed by atoms with Crippen molar-refractivity contribution in [2.45, 2.75) is 19.3 Å². The maximum absolute atomic E-state index is 9.10. The van der Waals surface area contributed by atoms with Crippen LogP contribution in [0.3, 0.4) is 0 Å². The Morgan fingerprint density at radius 2 is 2.36 bits per heavy atom. The van der Waals surface area contributed by atoms with E-state index in [1.165, 1.54) is 18.4 Å². The Morgan fingerprint density at radius 1 is 1.50 bits per heavy atom. The molecule has 0 bridgehead atoms. The van der Waals surface area contributed by atoms with Crippen LogP contribution in [0.1, 0.15) is 18.4 Å². The topological polar surface area (TPSA) is 32.3 Å². The zero-order chi connectivity index (χ0) is 9.86. The van der Waals surface area contributed by atoms with Gasteiger partial charge in [-0.25, -0.2) is 0 Å². The van der Waals surface area contributed by atoms with Crippen LogP contribution in [0.4, 0.5) is 0 Å². The Bertz CT molecular complexity index is 267. The molecule has 2 rings (SSSR count). The molecule has 1 aliphatic carbocycles. The molecule has 2 N–H and O–H groups in total. The predicted molar refractivity (Wildman–Crippen MR) is 59.6 cm³/mol. The van der Waals surface area contributed by atoms with Gasteiger partial charge in [0.25, 0.3) is 0 Å². The van der Waals surface area contributed by atoms with Gasteiger partial charge in [0.2, 0.25) is 0 Å². The fourth-order valence-electron chi connectivity index (χ4n) is 1.59.